The Morgan fingerprint density at radius 2 is 1.74 bits per heavy atom. The molecule has 1 aromatic carbocycles. The van der Waals surface area contributed by atoms with E-state index < -0.39 is 6.09 Å². The Morgan fingerprint density at radius 3 is 2.46 bits per heavy atom. The standard InChI is InChI=1S/C25H25N5O5/c1-33-22-9-18-17-8-20(29-24(26)19(17)13-28-21(18)10-23(22)34-2)14-7-16(12-27-11-14)35-15-3-5-30(6-4-15)25(31)32/h7-13,15H,3-6H2,1-2H3,(H2,26,29)(H,31,32). The first-order valence-corrected chi connectivity index (χ1v) is 11.2. The zero-order valence-corrected chi connectivity index (χ0v) is 19.4. The number of amides is 1. The highest BCUT2D eigenvalue weighted by Gasteiger charge is 2.23. The average Bonchev–Trinajstić information content (AvgIpc) is 2.88. The van der Waals surface area contributed by atoms with Gasteiger partial charge in [-0.1, -0.05) is 0 Å². The van der Waals surface area contributed by atoms with Crippen LogP contribution in [0, 0.1) is 0 Å². The largest absolute Gasteiger partial charge is 0.493 e. The van der Waals surface area contributed by atoms with Crippen LogP contribution < -0.4 is 19.9 Å². The first-order chi connectivity index (χ1) is 17.0. The lowest BCUT2D eigenvalue weighted by molar-refractivity contribution is 0.0893. The maximum Gasteiger partial charge on any atom is 0.407 e. The van der Waals surface area contributed by atoms with E-state index in [1.165, 1.54) is 4.90 Å². The number of pyridine rings is 3. The normalized spacial score (nSPS) is 14.3. The molecule has 0 bridgehead atoms. The molecule has 0 aliphatic carbocycles. The number of nitrogens with zero attached hydrogens (tertiary/aromatic N) is 4. The third-order valence-electron chi connectivity index (χ3n) is 6.24. The van der Waals surface area contributed by atoms with Gasteiger partial charge >= 0.3 is 6.09 Å². The smallest absolute Gasteiger partial charge is 0.407 e. The Kier molecular flexibility index (Phi) is 5.86. The molecule has 1 saturated heterocycles. The number of ether oxygens (including phenoxy) is 3. The Labute approximate surface area is 201 Å². The molecular weight excluding hydrogens is 450 g/mol. The lowest BCUT2D eigenvalue weighted by atomic mass is 10.0. The number of fused-ring (bicyclic) bond motifs is 3. The van der Waals surface area contributed by atoms with Crippen LogP contribution in [0.3, 0.4) is 0 Å². The summed E-state index contributed by atoms with van der Waals surface area (Å²) < 4.78 is 17.0. The van der Waals surface area contributed by atoms with Crippen molar-refractivity contribution in [2.45, 2.75) is 18.9 Å². The number of benzene rings is 1. The number of methoxy groups -OCH3 is 2. The van der Waals surface area contributed by atoms with Gasteiger partial charge in [-0.05, 0) is 23.6 Å². The fourth-order valence-electron chi connectivity index (χ4n) is 4.39. The van der Waals surface area contributed by atoms with Crippen LogP contribution in [0.15, 0.2) is 42.9 Å². The van der Waals surface area contributed by atoms with E-state index in [1.807, 2.05) is 24.3 Å². The zero-order chi connectivity index (χ0) is 24.5. The Balaban J connectivity index is 1.50. The second kappa shape index (κ2) is 9.13. The molecule has 10 nitrogen and oxygen atoms in total. The van der Waals surface area contributed by atoms with Crippen LogP contribution in [-0.2, 0) is 0 Å². The molecule has 10 heteroatoms. The fraction of sp³-hybridized carbons (Fsp3) is 0.280. The highest BCUT2D eigenvalue weighted by molar-refractivity contribution is 6.10. The van der Waals surface area contributed by atoms with Gasteiger partial charge in [0.25, 0.3) is 0 Å². The molecule has 0 unspecified atom stereocenters. The van der Waals surface area contributed by atoms with Gasteiger partial charge in [0.15, 0.2) is 11.5 Å². The van der Waals surface area contributed by atoms with Gasteiger partial charge in [0.1, 0.15) is 17.7 Å². The van der Waals surface area contributed by atoms with Crippen molar-refractivity contribution in [3.63, 3.8) is 0 Å². The minimum Gasteiger partial charge on any atom is -0.493 e. The lowest BCUT2D eigenvalue weighted by Gasteiger charge is -2.30. The van der Waals surface area contributed by atoms with E-state index in [0.29, 0.717) is 54.7 Å². The van der Waals surface area contributed by atoms with Gasteiger partial charge in [0.2, 0.25) is 0 Å². The van der Waals surface area contributed by atoms with Crippen LogP contribution in [0.5, 0.6) is 17.2 Å². The molecule has 5 rings (SSSR count). The van der Waals surface area contributed by atoms with Crippen molar-refractivity contribution in [1.29, 1.82) is 0 Å². The van der Waals surface area contributed by atoms with Gasteiger partial charge in [-0.3, -0.25) is 9.97 Å². The van der Waals surface area contributed by atoms with Crippen molar-refractivity contribution in [2.24, 2.45) is 0 Å². The molecule has 1 aliphatic rings. The monoisotopic (exact) mass is 475 g/mol. The minimum absolute atomic E-state index is 0.0743. The van der Waals surface area contributed by atoms with Gasteiger partial charge < -0.3 is 30.0 Å². The van der Waals surface area contributed by atoms with E-state index >= 15 is 0 Å². The number of carbonyl (C=O) groups is 1. The maximum absolute atomic E-state index is 11.1. The summed E-state index contributed by atoms with van der Waals surface area (Å²) in [5, 5.41) is 11.6. The predicted molar refractivity (Wildman–Crippen MR) is 131 cm³/mol. The second-order valence-corrected chi connectivity index (χ2v) is 8.33. The fourth-order valence-corrected chi connectivity index (χ4v) is 4.39. The van der Waals surface area contributed by atoms with E-state index in [4.69, 9.17) is 25.1 Å². The quantitative estimate of drug-likeness (QED) is 0.411. The molecular formula is C25H25N5O5. The number of hydrogen-bond acceptors (Lipinski definition) is 8. The van der Waals surface area contributed by atoms with Gasteiger partial charge in [0, 0.05) is 60.7 Å². The van der Waals surface area contributed by atoms with Gasteiger partial charge in [-0.15, -0.1) is 0 Å². The molecule has 1 aliphatic heterocycles. The maximum atomic E-state index is 11.1. The summed E-state index contributed by atoms with van der Waals surface area (Å²) in [5.41, 5.74) is 8.47. The number of nitrogens with two attached hydrogens (primary N) is 1. The SMILES string of the molecule is COc1cc2ncc3c(N)nc(-c4cncc(OC5CCN(C(=O)O)CC5)c4)cc3c2cc1OC. The summed E-state index contributed by atoms with van der Waals surface area (Å²) in [6.45, 7) is 0.899. The van der Waals surface area contributed by atoms with Crippen LogP contribution in [0.2, 0.25) is 0 Å². The first-order valence-electron chi connectivity index (χ1n) is 11.2. The van der Waals surface area contributed by atoms with Crippen LogP contribution in [0.25, 0.3) is 32.9 Å². The van der Waals surface area contributed by atoms with E-state index in [1.54, 1.807) is 32.8 Å². The molecule has 0 atom stereocenters. The van der Waals surface area contributed by atoms with Gasteiger partial charge in [-0.25, -0.2) is 9.78 Å². The zero-order valence-electron chi connectivity index (χ0n) is 19.4. The minimum atomic E-state index is -0.897. The van der Waals surface area contributed by atoms with Crippen molar-refractivity contribution >= 4 is 33.6 Å². The summed E-state index contributed by atoms with van der Waals surface area (Å²) in [6.07, 6.45) is 5.34. The summed E-state index contributed by atoms with van der Waals surface area (Å²) >= 11 is 0. The molecule has 180 valence electrons. The summed E-state index contributed by atoms with van der Waals surface area (Å²) in [6, 6.07) is 7.54. The predicted octanol–water partition coefficient (Wildman–Crippen LogP) is 3.97. The van der Waals surface area contributed by atoms with Crippen LogP contribution >= 0.6 is 0 Å². The number of carboxylic acid groups (broad SMARTS) is 1. The third-order valence-corrected chi connectivity index (χ3v) is 6.24. The van der Waals surface area contributed by atoms with E-state index in [9.17, 15) is 4.79 Å². The first kappa shape index (κ1) is 22.5. The van der Waals surface area contributed by atoms with E-state index in [0.717, 1.165) is 27.2 Å². The molecule has 4 aromatic rings. The van der Waals surface area contributed by atoms with Crippen molar-refractivity contribution in [1.82, 2.24) is 19.9 Å². The van der Waals surface area contributed by atoms with Crippen molar-refractivity contribution < 1.29 is 24.1 Å². The Morgan fingerprint density at radius 1 is 1.00 bits per heavy atom. The lowest BCUT2D eigenvalue weighted by Crippen LogP contribution is -2.41. The molecule has 4 heterocycles. The molecule has 3 N–H and O–H groups in total. The van der Waals surface area contributed by atoms with Crippen LogP contribution in [-0.4, -0.2) is 64.5 Å². The third kappa shape index (κ3) is 4.30. The van der Waals surface area contributed by atoms with Crippen molar-refractivity contribution in [2.75, 3.05) is 33.0 Å². The molecule has 0 saturated carbocycles. The number of anilines is 1. The summed E-state index contributed by atoms with van der Waals surface area (Å²) in [5.74, 6) is 2.14. The topological polar surface area (TPSA) is 133 Å². The number of aromatic nitrogens is 3. The Bertz CT molecular complexity index is 1420. The molecule has 1 fully saturated rings. The summed E-state index contributed by atoms with van der Waals surface area (Å²) in [7, 11) is 3.18. The van der Waals surface area contributed by atoms with Crippen LogP contribution in [0.4, 0.5) is 10.6 Å². The Hall–Kier alpha value is -4.34. The van der Waals surface area contributed by atoms with Gasteiger partial charge in [0.05, 0.1) is 31.6 Å². The number of likely N-dealkylation sites (tertiary alicyclic amines) is 1. The molecule has 35 heavy (non-hydrogen) atoms. The van der Waals surface area contributed by atoms with E-state index in [2.05, 4.69) is 15.0 Å². The molecule has 0 spiro atoms. The highest BCUT2D eigenvalue weighted by Crippen LogP contribution is 2.37. The van der Waals surface area contributed by atoms with Crippen LogP contribution in [0.1, 0.15) is 12.8 Å². The highest BCUT2D eigenvalue weighted by atomic mass is 16.5. The van der Waals surface area contributed by atoms with Gasteiger partial charge in [-0.2, -0.15) is 0 Å². The number of piperidine rings is 1. The average molecular weight is 476 g/mol. The van der Waals surface area contributed by atoms with Crippen molar-refractivity contribution in [3.8, 4) is 28.5 Å². The summed E-state index contributed by atoms with van der Waals surface area (Å²) in [4.78, 5) is 26.0. The van der Waals surface area contributed by atoms with E-state index in [-0.39, 0.29) is 6.10 Å². The number of hydrogen-bond donors (Lipinski definition) is 2. The molecule has 3 aromatic heterocycles. The second-order valence-electron chi connectivity index (χ2n) is 8.33. The molecule has 0 radical (unpaired) electrons. The number of nitrogen functional groups attached to an aromatic ring is 1. The van der Waals surface area contributed by atoms with Crippen molar-refractivity contribution in [3.05, 3.63) is 42.9 Å². The number of rotatable bonds is 5. The molecule has 1 amide bonds.